The van der Waals surface area contributed by atoms with Gasteiger partial charge in [-0.25, -0.2) is 9.97 Å². The van der Waals surface area contributed by atoms with Gasteiger partial charge < -0.3 is 5.32 Å². The standard InChI is InChI=1S/C16H21N3/c1-5-12-6-8-13(9-7-12)15-14(11(2)3)16(17-4)19-10-18-15/h6-11H,5H2,1-4H3,(H,17,18,19). The van der Waals surface area contributed by atoms with Gasteiger partial charge in [0.15, 0.2) is 0 Å². The van der Waals surface area contributed by atoms with E-state index in [0.717, 1.165) is 23.5 Å². The van der Waals surface area contributed by atoms with Crippen molar-refractivity contribution in [1.29, 1.82) is 0 Å². The molecule has 2 rings (SSSR count). The molecule has 2 aromatic rings. The van der Waals surface area contributed by atoms with Gasteiger partial charge in [0.25, 0.3) is 0 Å². The minimum Gasteiger partial charge on any atom is -0.373 e. The summed E-state index contributed by atoms with van der Waals surface area (Å²) >= 11 is 0. The van der Waals surface area contributed by atoms with Gasteiger partial charge in [-0.15, -0.1) is 0 Å². The van der Waals surface area contributed by atoms with Crippen LogP contribution in [0.25, 0.3) is 11.3 Å². The molecule has 0 saturated heterocycles. The van der Waals surface area contributed by atoms with Crippen molar-refractivity contribution in [3.05, 3.63) is 41.7 Å². The van der Waals surface area contributed by atoms with E-state index >= 15 is 0 Å². The zero-order valence-corrected chi connectivity index (χ0v) is 12.1. The van der Waals surface area contributed by atoms with Crippen molar-refractivity contribution >= 4 is 5.82 Å². The predicted octanol–water partition coefficient (Wildman–Crippen LogP) is 3.87. The molecule has 0 saturated carbocycles. The second kappa shape index (κ2) is 5.83. The number of rotatable bonds is 4. The average Bonchev–Trinajstić information content (AvgIpc) is 2.46. The minimum atomic E-state index is 0.379. The number of benzene rings is 1. The summed E-state index contributed by atoms with van der Waals surface area (Å²) in [4.78, 5) is 8.80. The lowest BCUT2D eigenvalue weighted by Crippen LogP contribution is -2.04. The zero-order chi connectivity index (χ0) is 13.8. The molecule has 0 aliphatic heterocycles. The van der Waals surface area contributed by atoms with Crippen molar-refractivity contribution in [2.24, 2.45) is 0 Å². The van der Waals surface area contributed by atoms with Crippen molar-refractivity contribution < 1.29 is 0 Å². The number of hydrogen-bond acceptors (Lipinski definition) is 3. The third-order valence-electron chi connectivity index (χ3n) is 3.33. The van der Waals surface area contributed by atoms with Gasteiger partial charge in [0.05, 0.1) is 5.69 Å². The monoisotopic (exact) mass is 255 g/mol. The molecule has 1 aromatic heterocycles. The van der Waals surface area contributed by atoms with Crippen LogP contribution < -0.4 is 5.32 Å². The van der Waals surface area contributed by atoms with E-state index in [1.165, 1.54) is 11.1 Å². The molecule has 1 heterocycles. The molecule has 0 atom stereocenters. The summed E-state index contributed by atoms with van der Waals surface area (Å²) in [6.45, 7) is 6.51. The molecule has 0 amide bonds. The van der Waals surface area contributed by atoms with E-state index < -0.39 is 0 Å². The maximum atomic E-state index is 4.48. The van der Waals surface area contributed by atoms with Crippen molar-refractivity contribution in [2.45, 2.75) is 33.1 Å². The number of aromatic nitrogens is 2. The van der Waals surface area contributed by atoms with Crippen molar-refractivity contribution in [3.8, 4) is 11.3 Å². The van der Waals surface area contributed by atoms with Crippen molar-refractivity contribution in [3.63, 3.8) is 0 Å². The van der Waals surface area contributed by atoms with Gasteiger partial charge in [-0.05, 0) is 17.9 Å². The third kappa shape index (κ3) is 2.75. The molecular formula is C16H21N3. The maximum absolute atomic E-state index is 4.48. The number of hydrogen-bond donors (Lipinski definition) is 1. The van der Waals surface area contributed by atoms with Crippen LogP contribution in [-0.2, 0) is 6.42 Å². The van der Waals surface area contributed by atoms with Crippen LogP contribution >= 0.6 is 0 Å². The summed E-state index contributed by atoms with van der Waals surface area (Å²) in [7, 11) is 1.90. The highest BCUT2D eigenvalue weighted by Crippen LogP contribution is 2.31. The molecule has 3 heteroatoms. The summed E-state index contributed by atoms with van der Waals surface area (Å²) in [5, 5.41) is 3.16. The number of nitrogens with zero attached hydrogens (tertiary/aromatic N) is 2. The Hall–Kier alpha value is -1.90. The Balaban J connectivity index is 2.54. The Bertz CT molecular complexity index is 544. The lowest BCUT2D eigenvalue weighted by atomic mass is 9.96. The van der Waals surface area contributed by atoms with E-state index in [-0.39, 0.29) is 0 Å². The highest BCUT2D eigenvalue weighted by molar-refractivity contribution is 5.69. The summed E-state index contributed by atoms with van der Waals surface area (Å²) in [5.74, 6) is 1.30. The van der Waals surface area contributed by atoms with Gasteiger partial charge >= 0.3 is 0 Å². The van der Waals surface area contributed by atoms with Crippen LogP contribution in [0.4, 0.5) is 5.82 Å². The molecule has 0 spiro atoms. The second-order valence-corrected chi connectivity index (χ2v) is 4.94. The lowest BCUT2D eigenvalue weighted by molar-refractivity contribution is 0.852. The third-order valence-corrected chi connectivity index (χ3v) is 3.33. The number of anilines is 1. The van der Waals surface area contributed by atoms with Gasteiger partial charge in [0.2, 0.25) is 0 Å². The first-order chi connectivity index (χ1) is 9.17. The number of aryl methyl sites for hydroxylation is 1. The lowest BCUT2D eigenvalue weighted by Gasteiger charge is -2.15. The normalized spacial score (nSPS) is 10.8. The predicted molar refractivity (Wildman–Crippen MR) is 80.5 cm³/mol. The number of nitrogens with one attached hydrogen (secondary N) is 1. The molecule has 0 radical (unpaired) electrons. The molecule has 0 aliphatic rings. The van der Waals surface area contributed by atoms with E-state index in [4.69, 9.17) is 0 Å². The molecular weight excluding hydrogens is 234 g/mol. The first-order valence-corrected chi connectivity index (χ1v) is 6.79. The molecule has 0 aliphatic carbocycles. The van der Waals surface area contributed by atoms with E-state index in [2.05, 4.69) is 60.3 Å². The average molecular weight is 255 g/mol. The second-order valence-electron chi connectivity index (χ2n) is 4.94. The smallest absolute Gasteiger partial charge is 0.133 e. The van der Waals surface area contributed by atoms with Crippen LogP contribution in [0.2, 0.25) is 0 Å². The van der Waals surface area contributed by atoms with Crippen LogP contribution in [0.1, 0.15) is 37.8 Å². The zero-order valence-electron chi connectivity index (χ0n) is 12.1. The fourth-order valence-corrected chi connectivity index (χ4v) is 2.27. The first-order valence-electron chi connectivity index (χ1n) is 6.79. The molecule has 3 nitrogen and oxygen atoms in total. The quantitative estimate of drug-likeness (QED) is 0.901. The van der Waals surface area contributed by atoms with Crippen LogP contribution in [0.15, 0.2) is 30.6 Å². The molecule has 19 heavy (non-hydrogen) atoms. The molecule has 0 bridgehead atoms. The summed E-state index contributed by atoms with van der Waals surface area (Å²) in [5.41, 5.74) is 4.70. The fourth-order valence-electron chi connectivity index (χ4n) is 2.27. The van der Waals surface area contributed by atoms with Crippen molar-refractivity contribution in [2.75, 3.05) is 12.4 Å². The maximum Gasteiger partial charge on any atom is 0.133 e. The summed E-state index contributed by atoms with van der Waals surface area (Å²) < 4.78 is 0. The van der Waals surface area contributed by atoms with Crippen LogP contribution in [-0.4, -0.2) is 17.0 Å². The Morgan fingerprint density at radius 2 is 1.79 bits per heavy atom. The Labute approximate surface area is 115 Å². The fraction of sp³-hybridized carbons (Fsp3) is 0.375. The van der Waals surface area contributed by atoms with E-state index in [1.54, 1.807) is 6.33 Å². The van der Waals surface area contributed by atoms with Crippen molar-refractivity contribution in [1.82, 2.24) is 9.97 Å². The van der Waals surface area contributed by atoms with Gasteiger partial charge in [-0.2, -0.15) is 0 Å². The summed E-state index contributed by atoms with van der Waals surface area (Å²) in [6, 6.07) is 8.63. The van der Waals surface area contributed by atoms with Gasteiger partial charge in [-0.1, -0.05) is 45.0 Å². The van der Waals surface area contributed by atoms with Crippen LogP contribution in [0.3, 0.4) is 0 Å². The summed E-state index contributed by atoms with van der Waals surface area (Å²) in [6.07, 6.45) is 2.68. The largest absolute Gasteiger partial charge is 0.373 e. The Morgan fingerprint density at radius 3 is 2.32 bits per heavy atom. The Kier molecular flexibility index (Phi) is 4.15. The minimum absolute atomic E-state index is 0.379. The van der Waals surface area contributed by atoms with E-state index in [9.17, 15) is 0 Å². The molecule has 100 valence electrons. The van der Waals surface area contributed by atoms with Gasteiger partial charge in [0.1, 0.15) is 12.1 Å². The van der Waals surface area contributed by atoms with E-state index in [0.29, 0.717) is 5.92 Å². The first kappa shape index (κ1) is 13.5. The van der Waals surface area contributed by atoms with Gasteiger partial charge in [-0.3, -0.25) is 0 Å². The molecule has 0 unspecified atom stereocenters. The van der Waals surface area contributed by atoms with Crippen LogP contribution in [0, 0.1) is 0 Å². The highest BCUT2D eigenvalue weighted by Gasteiger charge is 2.15. The van der Waals surface area contributed by atoms with E-state index in [1.807, 2.05) is 7.05 Å². The highest BCUT2D eigenvalue weighted by atomic mass is 15.0. The topological polar surface area (TPSA) is 37.8 Å². The Morgan fingerprint density at radius 1 is 1.11 bits per heavy atom. The SMILES string of the molecule is CCc1ccc(-c2ncnc(NC)c2C(C)C)cc1. The molecule has 1 N–H and O–H groups in total. The molecule has 0 fully saturated rings. The molecule has 1 aromatic carbocycles. The van der Waals surface area contributed by atoms with Gasteiger partial charge in [0, 0.05) is 18.2 Å². The van der Waals surface area contributed by atoms with Crippen LogP contribution in [0.5, 0.6) is 0 Å².